The molecule has 0 radical (unpaired) electrons. The van der Waals surface area contributed by atoms with E-state index in [0.717, 1.165) is 54.4 Å². The van der Waals surface area contributed by atoms with E-state index < -0.39 is 23.5 Å². The summed E-state index contributed by atoms with van der Waals surface area (Å²) in [6.07, 6.45) is 0.479. The summed E-state index contributed by atoms with van der Waals surface area (Å²) in [7, 11) is 0. The summed E-state index contributed by atoms with van der Waals surface area (Å²) in [4.78, 5) is 4.42. The number of alkyl halides is 6. The van der Waals surface area contributed by atoms with Crippen molar-refractivity contribution in [2.45, 2.75) is 79.1 Å². The van der Waals surface area contributed by atoms with Crippen molar-refractivity contribution in [1.29, 1.82) is 0 Å². The molecule has 2 nitrogen and oxygen atoms in total. The average Bonchev–Trinajstić information content (AvgIpc) is 2.88. The number of unbranched alkanes of at least 4 members (excludes halogenated alkanes) is 2. The molecule has 0 heterocycles. The molecule has 2 aromatic rings. The molecule has 1 N–H and O–H groups in total. The predicted molar refractivity (Wildman–Crippen MR) is 149 cm³/mol. The van der Waals surface area contributed by atoms with Crippen LogP contribution < -0.4 is 5.32 Å². The van der Waals surface area contributed by atoms with Crippen LogP contribution in [0.3, 0.4) is 0 Å². The zero-order valence-electron chi connectivity index (χ0n) is 23.0. The molecule has 2 aromatic carbocycles. The smallest absolute Gasteiger partial charge is 0.344 e. The minimum atomic E-state index is -4.93. The van der Waals surface area contributed by atoms with Crippen molar-refractivity contribution in [2.75, 3.05) is 5.32 Å². The second-order valence-electron chi connectivity index (χ2n) is 9.31. The number of amidine groups is 1. The molecule has 0 bridgehead atoms. The summed E-state index contributed by atoms with van der Waals surface area (Å²) >= 11 is 0. The summed E-state index contributed by atoms with van der Waals surface area (Å²) in [5.74, 6) is 0.152. The van der Waals surface area contributed by atoms with Crippen LogP contribution in [-0.2, 0) is 18.8 Å². The van der Waals surface area contributed by atoms with Crippen LogP contribution in [0.25, 0.3) is 5.57 Å². The van der Waals surface area contributed by atoms with Crippen molar-refractivity contribution < 1.29 is 26.3 Å². The van der Waals surface area contributed by atoms with Gasteiger partial charge >= 0.3 is 12.4 Å². The van der Waals surface area contributed by atoms with Gasteiger partial charge in [-0.1, -0.05) is 70.0 Å². The third-order valence-electron chi connectivity index (χ3n) is 6.06. The summed E-state index contributed by atoms with van der Waals surface area (Å²) in [5, 5.41) is 2.61. The number of aliphatic imine (C=N–C) groups is 1. The Morgan fingerprint density at radius 2 is 1.33 bits per heavy atom. The Morgan fingerprint density at radius 3 is 1.82 bits per heavy atom. The zero-order valence-corrected chi connectivity index (χ0v) is 23.0. The first-order valence-corrected chi connectivity index (χ1v) is 13.1. The lowest BCUT2D eigenvalue weighted by Crippen LogP contribution is -2.14. The first kappa shape index (κ1) is 31.9. The standard InChI is InChI=1S/C31H36F6N2/c1-6-9-11-21(4)29(28(12-10-7-2)24-15-13-23(8-3)14-16-24)20-38-22(5)39-27-18-25(30(32,33)34)17-26(19-27)31(35,36)37/h11-20H,6-10H2,1-5H3,(H,38,39)/b21-11+,28-12-,29-20+. The molecule has 0 aliphatic rings. The summed E-state index contributed by atoms with van der Waals surface area (Å²) in [6, 6.07) is 9.64. The van der Waals surface area contributed by atoms with Gasteiger partial charge in [0.1, 0.15) is 5.84 Å². The molecule has 0 aromatic heterocycles. The van der Waals surface area contributed by atoms with Gasteiger partial charge in [0.05, 0.1) is 11.1 Å². The summed E-state index contributed by atoms with van der Waals surface area (Å²) in [6.45, 7) is 9.70. The van der Waals surface area contributed by atoms with E-state index in [0.29, 0.717) is 12.1 Å². The molecular formula is C31H36F6N2. The van der Waals surface area contributed by atoms with E-state index in [9.17, 15) is 26.3 Å². The number of halogens is 6. The maximum atomic E-state index is 13.3. The van der Waals surface area contributed by atoms with Crippen molar-refractivity contribution in [1.82, 2.24) is 0 Å². The Labute approximate surface area is 227 Å². The second kappa shape index (κ2) is 14.2. The number of anilines is 1. The Kier molecular flexibility index (Phi) is 11.6. The molecule has 39 heavy (non-hydrogen) atoms. The Hall–Kier alpha value is -3.29. The van der Waals surface area contributed by atoms with Crippen molar-refractivity contribution in [3.05, 3.63) is 94.2 Å². The third kappa shape index (κ3) is 9.75. The minimum absolute atomic E-state index is 0.103. The highest BCUT2D eigenvalue weighted by Gasteiger charge is 2.37. The van der Waals surface area contributed by atoms with E-state index >= 15 is 0 Å². The van der Waals surface area contributed by atoms with Crippen molar-refractivity contribution in [2.24, 2.45) is 4.99 Å². The van der Waals surface area contributed by atoms with Crippen LogP contribution in [0.15, 0.2) is 77.0 Å². The van der Waals surface area contributed by atoms with Crippen molar-refractivity contribution in [3.63, 3.8) is 0 Å². The van der Waals surface area contributed by atoms with Gasteiger partial charge in [-0.25, -0.2) is 4.99 Å². The number of nitrogens with one attached hydrogen (secondary N) is 1. The number of aryl methyl sites for hydroxylation is 1. The fourth-order valence-electron chi connectivity index (χ4n) is 3.88. The van der Waals surface area contributed by atoms with E-state index in [1.54, 1.807) is 6.20 Å². The zero-order chi connectivity index (χ0) is 29.2. The van der Waals surface area contributed by atoms with Crippen LogP contribution >= 0.6 is 0 Å². The quantitative estimate of drug-likeness (QED) is 0.135. The highest BCUT2D eigenvalue weighted by Crippen LogP contribution is 2.37. The third-order valence-corrected chi connectivity index (χ3v) is 6.06. The van der Waals surface area contributed by atoms with E-state index in [2.05, 4.69) is 67.5 Å². The number of rotatable bonds is 10. The summed E-state index contributed by atoms with van der Waals surface area (Å²) in [5.41, 5.74) is 1.88. The van der Waals surface area contributed by atoms with Gasteiger partial charge in [0.2, 0.25) is 0 Å². The molecule has 0 aliphatic heterocycles. The van der Waals surface area contributed by atoms with Crippen LogP contribution in [0.1, 0.15) is 82.6 Å². The number of benzene rings is 2. The lowest BCUT2D eigenvalue weighted by atomic mass is 9.91. The first-order chi connectivity index (χ1) is 18.3. The SMILES string of the molecule is CCC\C=C(C(=C/N=C(C)Nc1cc(C(F)(F)F)cc(C(F)(F)F)c1)/C(C)=C/CCC)\c1ccc(CC)cc1. The molecule has 0 amide bonds. The van der Waals surface area contributed by atoms with Gasteiger partial charge in [-0.05, 0) is 73.6 Å². The highest BCUT2D eigenvalue weighted by molar-refractivity contribution is 5.94. The average molecular weight is 551 g/mol. The maximum Gasteiger partial charge on any atom is 0.416 e. The number of allylic oxidation sites excluding steroid dienone is 5. The minimum Gasteiger partial charge on any atom is -0.344 e. The van der Waals surface area contributed by atoms with Crippen LogP contribution in [0.2, 0.25) is 0 Å². The Bertz CT molecular complexity index is 1180. The fourth-order valence-corrected chi connectivity index (χ4v) is 3.88. The first-order valence-electron chi connectivity index (χ1n) is 13.1. The molecule has 8 heteroatoms. The molecule has 0 fully saturated rings. The van der Waals surface area contributed by atoms with E-state index in [-0.39, 0.29) is 17.6 Å². The fraction of sp³-hybridized carbons (Fsp3) is 0.387. The van der Waals surface area contributed by atoms with Crippen LogP contribution in [0.5, 0.6) is 0 Å². The molecule has 2 rings (SSSR count). The van der Waals surface area contributed by atoms with Crippen molar-refractivity contribution in [3.8, 4) is 0 Å². The van der Waals surface area contributed by atoms with E-state index in [4.69, 9.17) is 0 Å². The highest BCUT2D eigenvalue weighted by atomic mass is 19.4. The van der Waals surface area contributed by atoms with Gasteiger partial charge in [0.15, 0.2) is 0 Å². The molecule has 0 atom stereocenters. The number of hydrogen-bond acceptors (Lipinski definition) is 1. The van der Waals surface area contributed by atoms with Crippen LogP contribution in [0, 0.1) is 0 Å². The monoisotopic (exact) mass is 550 g/mol. The molecular weight excluding hydrogens is 514 g/mol. The van der Waals surface area contributed by atoms with Gasteiger partial charge in [-0.15, -0.1) is 0 Å². The Morgan fingerprint density at radius 1 is 0.795 bits per heavy atom. The maximum absolute atomic E-state index is 13.3. The lowest BCUT2D eigenvalue weighted by Gasteiger charge is -2.16. The van der Waals surface area contributed by atoms with Gasteiger partial charge in [0, 0.05) is 17.5 Å². The molecule has 0 aliphatic carbocycles. The van der Waals surface area contributed by atoms with Crippen LogP contribution in [0.4, 0.5) is 32.0 Å². The van der Waals surface area contributed by atoms with Gasteiger partial charge in [0.25, 0.3) is 0 Å². The lowest BCUT2D eigenvalue weighted by molar-refractivity contribution is -0.143. The van der Waals surface area contributed by atoms with Gasteiger partial charge in [-0.2, -0.15) is 26.3 Å². The second-order valence-corrected chi connectivity index (χ2v) is 9.31. The van der Waals surface area contributed by atoms with Gasteiger partial charge in [-0.3, -0.25) is 0 Å². The van der Waals surface area contributed by atoms with E-state index in [1.807, 2.05) is 6.92 Å². The normalized spacial score (nSPS) is 14.1. The molecule has 0 spiro atoms. The van der Waals surface area contributed by atoms with Crippen molar-refractivity contribution >= 4 is 17.1 Å². The summed E-state index contributed by atoms with van der Waals surface area (Å²) < 4.78 is 79.6. The van der Waals surface area contributed by atoms with Gasteiger partial charge < -0.3 is 5.32 Å². The topological polar surface area (TPSA) is 24.4 Å². The molecule has 0 saturated carbocycles. The number of hydrogen-bond donors (Lipinski definition) is 1. The molecule has 0 unspecified atom stereocenters. The largest absolute Gasteiger partial charge is 0.416 e. The molecule has 0 saturated heterocycles. The molecule has 212 valence electrons. The Balaban J connectivity index is 2.57. The van der Waals surface area contributed by atoms with Crippen LogP contribution in [-0.4, -0.2) is 5.84 Å². The van der Waals surface area contributed by atoms with E-state index in [1.165, 1.54) is 12.5 Å². The number of nitrogens with zero attached hydrogens (tertiary/aromatic N) is 1. The predicted octanol–water partition coefficient (Wildman–Crippen LogP) is 10.6.